The minimum absolute atomic E-state index is 0.0245. The number of nitrogens with two attached hydrogens (primary N) is 2. The molecular formula is C32H44N6O6. The van der Waals surface area contributed by atoms with Gasteiger partial charge in [-0.15, -0.1) is 0 Å². The fourth-order valence-corrected chi connectivity index (χ4v) is 4.99. The SMILES string of the molecule is CC(C)CC(NC(=O)C(N)Cc1ccc(O)cc1)C(=O)NC(CCCCN)C(=O)NC(Cc1c[nH]c2ccccc12)C(=O)O. The Balaban J connectivity index is 1.71. The van der Waals surface area contributed by atoms with E-state index in [1.807, 2.05) is 38.1 Å². The third kappa shape index (κ3) is 10.1. The lowest BCUT2D eigenvalue weighted by Crippen LogP contribution is -2.57. The summed E-state index contributed by atoms with van der Waals surface area (Å²) in [6.45, 7) is 4.19. The Morgan fingerprint density at radius 2 is 1.48 bits per heavy atom. The second-order valence-corrected chi connectivity index (χ2v) is 11.5. The summed E-state index contributed by atoms with van der Waals surface area (Å²) in [6.07, 6.45) is 3.61. The number of carbonyl (C=O) groups is 4. The molecule has 4 unspecified atom stereocenters. The van der Waals surface area contributed by atoms with Crippen LogP contribution >= 0.6 is 0 Å². The minimum Gasteiger partial charge on any atom is -0.508 e. The van der Waals surface area contributed by atoms with Crippen LogP contribution in [0.25, 0.3) is 10.9 Å². The summed E-state index contributed by atoms with van der Waals surface area (Å²) in [5.41, 5.74) is 14.1. The quantitative estimate of drug-likeness (QED) is 0.105. The third-order valence-electron chi connectivity index (χ3n) is 7.36. The highest BCUT2D eigenvalue weighted by atomic mass is 16.4. The van der Waals surface area contributed by atoms with Crippen LogP contribution in [0.1, 0.15) is 50.7 Å². The molecule has 0 aliphatic heterocycles. The maximum atomic E-state index is 13.5. The van der Waals surface area contributed by atoms with Gasteiger partial charge in [0.05, 0.1) is 6.04 Å². The maximum absolute atomic E-state index is 13.5. The third-order valence-corrected chi connectivity index (χ3v) is 7.36. The molecular weight excluding hydrogens is 564 g/mol. The van der Waals surface area contributed by atoms with E-state index in [1.165, 1.54) is 12.1 Å². The summed E-state index contributed by atoms with van der Waals surface area (Å²) in [7, 11) is 0. The summed E-state index contributed by atoms with van der Waals surface area (Å²) in [6, 6.07) is 9.58. The van der Waals surface area contributed by atoms with Crippen LogP contribution in [0.15, 0.2) is 54.7 Å². The number of aliphatic carboxylic acids is 1. The Labute approximate surface area is 257 Å². The standard InChI is InChI=1S/C32H44N6O6/c1-19(2)15-27(37-29(40)24(34)16-20-10-12-22(39)13-11-20)31(42)36-26(9-5-6-14-33)30(41)38-28(32(43)44)17-21-18-35-25-8-4-3-7-23(21)25/h3-4,7-8,10-13,18-19,24,26-28,35,39H,5-6,9,14-17,33-34H2,1-2H3,(H,36,42)(H,37,40)(H,38,41)(H,43,44). The molecule has 12 heteroatoms. The molecule has 12 nitrogen and oxygen atoms in total. The average molecular weight is 609 g/mol. The summed E-state index contributed by atoms with van der Waals surface area (Å²) in [5, 5.41) is 28.3. The Bertz CT molecular complexity index is 1410. The summed E-state index contributed by atoms with van der Waals surface area (Å²) >= 11 is 0. The summed E-state index contributed by atoms with van der Waals surface area (Å²) in [4.78, 5) is 55.2. The lowest BCUT2D eigenvalue weighted by molar-refractivity contribution is -0.142. The normalized spacial score (nSPS) is 14.0. The average Bonchev–Trinajstić information content (AvgIpc) is 3.39. The van der Waals surface area contributed by atoms with E-state index in [0.29, 0.717) is 25.8 Å². The van der Waals surface area contributed by atoms with Crippen molar-refractivity contribution < 1.29 is 29.4 Å². The number of phenols is 1. The Morgan fingerprint density at radius 1 is 0.841 bits per heavy atom. The zero-order chi connectivity index (χ0) is 32.2. The predicted molar refractivity (Wildman–Crippen MR) is 168 cm³/mol. The first-order valence-corrected chi connectivity index (χ1v) is 14.9. The maximum Gasteiger partial charge on any atom is 0.326 e. The molecule has 0 spiro atoms. The molecule has 2 aromatic carbocycles. The van der Waals surface area contributed by atoms with Gasteiger partial charge < -0.3 is 42.6 Å². The second kappa shape index (κ2) is 16.4. The molecule has 44 heavy (non-hydrogen) atoms. The number of aromatic hydroxyl groups is 1. The van der Waals surface area contributed by atoms with Crippen molar-refractivity contribution in [3.63, 3.8) is 0 Å². The van der Waals surface area contributed by atoms with Crippen LogP contribution in [0.2, 0.25) is 0 Å². The first-order valence-electron chi connectivity index (χ1n) is 14.9. The van der Waals surface area contributed by atoms with Gasteiger partial charge in [-0.3, -0.25) is 14.4 Å². The fraction of sp³-hybridized carbons (Fsp3) is 0.438. The van der Waals surface area contributed by atoms with Crippen molar-refractivity contribution in [2.45, 2.75) is 76.5 Å². The van der Waals surface area contributed by atoms with Crippen LogP contribution in [-0.2, 0) is 32.0 Å². The smallest absolute Gasteiger partial charge is 0.326 e. The van der Waals surface area contributed by atoms with E-state index in [9.17, 15) is 29.4 Å². The van der Waals surface area contributed by atoms with Crippen LogP contribution in [0.4, 0.5) is 0 Å². The summed E-state index contributed by atoms with van der Waals surface area (Å²) < 4.78 is 0. The highest BCUT2D eigenvalue weighted by Crippen LogP contribution is 2.19. The van der Waals surface area contributed by atoms with Gasteiger partial charge in [-0.1, -0.05) is 44.2 Å². The van der Waals surface area contributed by atoms with Crippen molar-refractivity contribution in [1.29, 1.82) is 0 Å². The number of amides is 3. The largest absolute Gasteiger partial charge is 0.508 e. The molecule has 238 valence electrons. The van der Waals surface area contributed by atoms with Gasteiger partial charge in [0.25, 0.3) is 0 Å². The van der Waals surface area contributed by atoms with E-state index in [2.05, 4.69) is 20.9 Å². The number of carboxylic acid groups (broad SMARTS) is 1. The molecule has 10 N–H and O–H groups in total. The molecule has 3 amide bonds. The van der Waals surface area contributed by atoms with E-state index in [-0.39, 0.29) is 30.9 Å². The van der Waals surface area contributed by atoms with Crippen LogP contribution in [0.3, 0.4) is 0 Å². The second-order valence-electron chi connectivity index (χ2n) is 11.5. The molecule has 0 saturated heterocycles. The number of rotatable bonds is 17. The van der Waals surface area contributed by atoms with E-state index in [4.69, 9.17) is 11.5 Å². The van der Waals surface area contributed by atoms with Gasteiger partial charge in [-0.25, -0.2) is 4.79 Å². The first kappa shape index (κ1) is 34.1. The van der Waals surface area contributed by atoms with Gasteiger partial charge in [0.15, 0.2) is 0 Å². The number of nitrogens with one attached hydrogen (secondary N) is 4. The van der Waals surface area contributed by atoms with Crippen LogP contribution in [0, 0.1) is 5.92 Å². The van der Waals surface area contributed by atoms with E-state index >= 15 is 0 Å². The number of aromatic amines is 1. The topological polar surface area (TPSA) is 213 Å². The number of carbonyl (C=O) groups excluding carboxylic acids is 3. The first-order chi connectivity index (χ1) is 21.0. The molecule has 4 atom stereocenters. The highest BCUT2D eigenvalue weighted by molar-refractivity contribution is 5.94. The van der Waals surface area contributed by atoms with Gasteiger partial charge in [-0.05, 0) is 73.9 Å². The van der Waals surface area contributed by atoms with E-state index in [0.717, 1.165) is 22.0 Å². The lowest BCUT2D eigenvalue weighted by atomic mass is 10.00. The molecule has 3 rings (SSSR count). The molecule has 0 aliphatic carbocycles. The Kier molecular flexibility index (Phi) is 12.7. The zero-order valence-corrected chi connectivity index (χ0v) is 25.2. The molecule has 0 aliphatic rings. The van der Waals surface area contributed by atoms with Gasteiger partial charge in [0, 0.05) is 23.5 Å². The van der Waals surface area contributed by atoms with E-state index < -0.39 is 47.9 Å². The molecule has 0 bridgehead atoms. The number of benzene rings is 2. The number of hydrogen-bond donors (Lipinski definition) is 8. The van der Waals surface area contributed by atoms with Crippen molar-refractivity contribution in [3.8, 4) is 5.75 Å². The van der Waals surface area contributed by atoms with E-state index in [1.54, 1.807) is 18.3 Å². The van der Waals surface area contributed by atoms with Gasteiger partial charge in [0.1, 0.15) is 23.9 Å². The predicted octanol–water partition coefficient (Wildman–Crippen LogP) is 1.70. The van der Waals surface area contributed by atoms with Crippen LogP contribution in [0.5, 0.6) is 5.75 Å². The fourth-order valence-electron chi connectivity index (χ4n) is 4.99. The van der Waals surface area contributed by atoms with Crippen molar-refractivity contribution in [2.75, 3.05) is 6.54 Å². The zero-order valence-electron chi connectivity index (χ0n) is 25.2. The molecule has 0 fully saturated rings. The lowest BCUT2D eigenvalue weighted by Gasteiger charge is -2.26. The minimum atomic E-state index is -1.24. The van der Waals surface area contributed by atoms with Gasteiger partial charge >= 0.3 is 5.97 Å². The monoisotopic (exact) mass is 608 g/mol. The molecule has 1 aromatic heterocycles. The molecule has 0 saturated carbocycles. The Morgan fingerprint density at radius 3 is 2.14 bits per heavy atom. The molecule has 0 radical (unpaired) electrons. The number of fused-ring (bicyclic) bond motifs is 1. The van der Waals surface area contributed by atoms with Crippen LogP contribution < -0.4 is 27.4 Å². The summed E-state index contributed by atoms with van der Waals surface area (Å²) in [5.74, 6) is -2.83. The number of unbranched alkanes of at least 4 members (excludes halogenated alkanes) is 1. The number of para-hydroxylation sites is 1. The van der Waals surface area contributed by atoms with Crippen molar-refractivity contribution in [2.24, 2.45) is 17.4 Å². The van der Waals surface area contributed by atoms with Crippen molar-refractivity contribution in [1.82, 2.24) is 20.9 Å². The van der Waals surface area contributed by atoms with Gasteiger partial charge in [-0.2, -0.15) is 0 Å². The number of aromatic nitrogens is 1. The number of hydrogen-bond acceptors (Lipinski definition) is 7. The van der Waals surface area contributed by atoms with Gasteiger partial charge in [0.2, 0.25) is 17.7 Å². The number of carboxylic acids is 1. The Hall–Kier alpha value is -4.42. The van der Waals surface area contributed by atoms with Crippen molar-refractivity contribution >= 4 is 34.6 Å². The number of phenolic OH excluding ortho intramolecular Hbond substituents is 1. The molecule has 3 aromatic rings. The highest BCUT2D eigenvalue weighted by Gasteiger charge is 2.31. The number of H-pyrrole nitrogens is 1. The molecule has 1 heterocycles. The van der Waals surface area contributed by atoms with Crippen molar-refractivity contribution in [3.05, 3.63) is 65.9 Å². The van der Waals surface area contributed by atoms with Crippen LogP contribution in [-0.4, -0.2) is 69.6 Å².